The Kier molecular flexibility index (Phi) is 7.25. The first-order valence-electron chi connectivity index (χ1n) is 11.4. The summed E-state index contributed by atoms with van der Waals surface area (Å²) in [4.78, 5) is 30.1. The lowest BCUT2D eigenvalue weighted by Crippen LogP contribution is -2.34. The first kappa shape index (κ1) is 23.5. The minimum absolute atomic E-state index is 0.0258. The van der Waals surface area contributed by atoms with E-state index >= 15 is 0 Å². The second-order valence-electron chi connectivity index (χ2n) is 8.29. The third-order valence-electron chi connectivity index (χ3n) is 6.03. The van der Waals surface area contributed by atoms with Gasteiger partial charge in [-0.25, -0.2) is 9.37 Å². The molecular weight excluding hydrogens is 437 g/mol. The van der Waals surface area contributed by atoms with E-state index in [4.69, 9.17) is 9.47 Å². The Balaban J connectivity index is 1.32. The predicted molar refractivity (Wildman–Crippen MR) is 127 cm³/mol. The average Bonchev–Trinajstić information content (AvgIpc) is 2.86. The highest BCUT2D eigenvalue weighted by Gasteiger charge is 2.18. The van der Waals surface area contributed by atoms with Crippen molar-refractivity contribution in [3.63, 3.8) is 0 Å². The van der Waals surface area contributed by atoms with Gasteiger partial charge in [0, 0.05) is 37.8 Å². The maximum absolute atomic E-state index is 14.1. The van der Waals surface area contributed by atoms with Crippen molar-refractivity contribution in [1.82, 2.24) is 9.88 Å². The van der Waals surface area contributed by atoms with Crippen molar-refractivity contribution < 1.29 is 23.5 Å². The molecule has 2 aliphatic rings. The van der Waals surface area contributed by atoms with Gasteiger partial charge >= 0.3 is 0 Å². The number of aromatic nitrogens is 1. The molecule has 0 saturated heterocycles. The van der Waals surface area contributed by atoms with Crippen LogP contribution in [0.15, 0.2) is 42.1 Å². The number of anilines is 1. The van der Waals surface area contributed by atoms with Gasteiger partial charge in [0.05, 0.1) is 7.11 Å². The summed E-state index contributed by atoms with van der Waals surface area (Å²) < 4.78 is 25.3. The van der Waals surface area contributed by atoms with E-state index in [-0.39, 0.29) is 17.6 Å². The second-order valence-corrected chi connectivity index (χ2v) is 8.29. The zero-order valence-corrected chi connectivity index (χ0v) is 19.4. The molecule has 4 rings (SSSR count). The van der Waals surface area contributed by atoms with E-state index in [9.17, 15) is 14.0 Å². The predicted octanol–water partition coefficient (Wildman–Crippen LogP) is 3.93. The quantitative estimate of drug-likeness (QED) is 0.495. The zero-order chi connectivity index (χ0) is 24.1. The molecule has 1 N–H and O–H groups in total. The van der Waals surface area contributed by atoms with Crippen molar-refractivity contribution >= 4 is 23.7 Å². The number of carbonyl (C=O) groups is 2. The Bertz CT molecular complexity index is 1160. The molecule has 0 bridgehead atoms. The van der Waals surface area contributed by atoms with Gasteiger partial charge in [0.25, 0.3) is 0 Å². The van der Waals surface area contributed by atoms with Gasteiger partial charge in [0.15, 0.2) is 11.5 Å². The number of ether oxygens (including phenoxy) is 2. The Morgan fingerprint density at radius 2 is 2.09 bits per heavy atom. The Morgan fingerprint density at radius 3 is 2.82 bits per heavy atom. The van der Waals surface area contributed by atoms with Crippen LogP contribution in [0, 0.1) is 5.82 Å². The number of amides is 2. The van der Waals surface area contributed by atoms with E-state index < -0.39 is 0 Å². The topological polar surface area (TPSA) is 80.8 Å². The minimum Gasteiger partial charge on any atom is -0.493 e. The number of halogens is 1. The number of methoxy groups -OCH3 is 1. The van der Waals surface area contributed by atoms with Crippen molar-refractivity contribution in [3.05, 3.63) is 64.6 Å². The summed E-state index contributed by atoms with van der Waals surface area (Å²) in [5.74, 6) is 1.06. The molecule has 7 nitrogen and oxygen atoms in total. The Morgan fingerprint density at radius 1 is 1.24 bits per heavy atom. The standard InChI is InChI=1S/C26H28FN3O4/c1-3-19-13-22(33-2)23(14-21(19)27)34-16-17-8-10-30(11-9-17)25(32)7-4-18-12-20-5-6-24(31)29-26(20)28-15-18/h4,7-8,12-15H,3,5-6,9-11,16H2,1-2H3,(H,28,29,31)/b7-4+. The minimum atomic E-state index is -0.307. The van der Waals surface area contributed by atoms with E-state index in [1.165, 1.54) is 13.2 Å². The van der Waals surface area contributed by atoms with Crippen LogP contribution in [0.4, 0.5) is 10.2 Å². The lowest BCUT2D eigenvalue weighted by Gasteiger charge is -2.25. The van der Waals surface area contributed by atoms with Gasteiger partial charge in [0.2, 0.25) is 11.8 Å². The monoisotopic (exact) mass is 465 g/mol. The molecule has 2 amide bonds. The SMILES string of the molecule is CCc1cc(OC)c(OCC2=CCN(C(=O)/C=C/c3cnc4c(c3)CCC(=O)N4)CC2)cc1F. The summed E-state index contributed by atoms with van der Waals surface area (Å²) in [6.07, 6.45) is 9.25. The van der Waals surface area contributed by atoms with Crippen molar-refractivity contribution in [2.75, 3.05) is 32.1 Å². The van der Waals surface area contributed by atoms with Crippen LogP contribution in [-0.2, 0) is 22.4 Å². The van der Waals surface area contributed by atoms with Crippen LogP contribution in [0.1, 0.15) is 36.5 Å². The van der Waals surface area contributed by atoms with Gasteiger partial charge in [-0.3, -0.25) is 9.59 Å². The molecule has 34 heavy (non-hydrogen) atoms. The summed E-state index contributed by atoms with van der Waals surface area (Å²) in [6.45, 7) is 3.26. The Hall–Kier alpha value is -3.68. The normalized spacial score (nSPS) is 15.6. The third-order valence-corrected chi connectivity index (χ3v) is 6.03. The number of hydrogen-bond donors (Lipinski definition) is 1. The largest absolute Gasteiger partial charge is 0.493 e. The van der Waals surface area contributed by atoms with Crippen LogP contribution < -0.4 is 14.8 Å². The maximum atomic E-state index is 14.1. The van der Waals surface area contributed by atoms with Crippen LogP contribution in [0.3, 0.4) is 0 Å². The van der Waals surface area contributed by atoms with Gasteiger partial charge in [0.1, 0.15) is 18.2 Å². The molecule has 2 aliphatic heterocycles. The molecular formula is C26H28FN3O4. The van der Waals surface area contributed by atoms with E-state index in [0.29, 0.717) is 68.3 Å². The number of rotatable bonds is 7. The molecule has 0 atom stereocenters. The van der Waals surface area contributed by atoms with Crippen LogP contribution in [0.2, 0.25) is 0 Å². The number of aryl methyl sites for hydroxylation is 2. The van der Waals surface area contributed by atoms with Crippen molar-refractivity contribution in [3.8, 4) is 11.5 Å². The molecule has 0 unspecified atom stereocenters. The molecule has 8 heteroatoms. The number of nitrogens with zero attached hydrogens (tertiary/aromatic N) is 2. The molecule has 3 heterocycles. The van der Waals surface area contributed by atoms with Crippen LogP contribution in [-0.4, -0.2) is 48.5 Å². The first-order valence-corrected chi connectivity index (χ1v) is 11.4. The molecule has 0 aliphatic carbocycles. The van der Waals surface area contributed by atoms with E-state index in [1.54, 1.807) is 29.3 Å². The molecule has 0 saturated carbocycles. The highest BCUT2D eigenvalue weighted by molar-refractivity contribution is 5.94. The highest BCUT2D eigenvalue weighted by atomic mass is 19.1. The van der Waals surface area contributed by atoms with E-state index in [1.807, 2.05) is 19.1 Å². The second kappa shape index (κ2) is 10.5. The van der Waals surface area contributed by atoms with Crippen LogP contribution >= 0.6 is 0 Å². The number of carbonyl (C=O) groups excluding carboxylic acids is 2. The van der Waals surface area contributed by atoms with Crippen LogP contribution in [0.5, 0.6) is 11.5 Å². The maximum Gasteiger partial charge on any atom is 0.246 e. The fourth-order valence-electron chi connectivity index (χ4n) is 3.97. The lowest BCUT2D eigenvalue weighted by molar-refractivity contribution is -0.125. The lowest BCUT2D eigenvalue weighted by atomic mass is 10.0. The van der Waals surface area contributed by atoms with Crippen molar-refractivity contribution in [1.29, 1.82) is 0 Å². The number of nitrogens with one attached hydrogen (secondary N) is 1. The molecule has 1 aromatic heterocycles. The molecule has 0 fully saturated rings. The fraction of sp³-hybridized carbons (Fsp3) is 0.346. The van der Waals surface area contributed by atoms with E-state index in [2.05, 4.69) is 10.3 Å². The van der Waals surface area contributed by atoms with Gasteiger partial charge in [-0.05, 0) is 59.7 Å². The van der Waals surface area contributed by atoms with Crippen molar-refractivity contribution in [2.24, 2.45) is 0 Å². The summed E-state index contributed by atoms with van der Waals surface area (Å²) in [5.41, 5.74) is 3.43. The number of benzene rings is 1. The van der Waals surface area contributed by atoms with Gasteiger partial charge in [-0.2, -0.15) is 0 Å². The third kappa shape index (κ3) is 5.44. The Labute approximate surface area is 198 Å². The molecule has 0 radical (unpaired) electrons. The zero-order valence-electron chi connectivity index (χ0n) is 19.4. The highest BCUT2D eigenvalue weighted by Crippen LogP contribution is 2.31. The molecule has 0 spiro atoms. The summed E-state index contributed by atoms with van der Waals surface area (Å²) >= 11 is 0. The van der Waals surface area contributed by atoms with Crippen LogP contribution in [0.25, 0.3) is 6.08 Å². The molecule has 178 valence electrons. The van der Waals surface area contributed by atoms with E-state index in [0.717, 1.165) is 16.7 Å². The first-order chi connectivity index (χ1) is 16.5. The average molecular weight is 466 g/mol. The van der Waals surface area contributed by atoms with Gasteiger partial charge in [-0.15, -0.1) is 0 Å². The number of hydrogen-bond acceptors (Lipinski definition) is 5. The summed E-state index contributed by atoms with van der Waals surface area (Å²) in [7, 11) is 1.54. The number of fused-ring (bicyclic) bond motifs is 1. The van der Waals surface area contributed by atoms with Gasteiger partial charge < -0.3 is 19.7 Å². The van der Waals surface area contributed by atoms with Crippen molar-refractivity contribution in [2.45, 2.75) is 32.6 Å². The smallest absolute Gasteiger partial charge is 0.246 e. The molecule has 2 aromatic rings. The van der Waals surface area contributed by atoms with Gasteiger partial charge in [-0.1, -0.05) is 13.0 Å². The summed E-state index contributed by atoms with van der Waals surface area (Å²) in [6, 6.07) is 4.98. The number of pyridine rings is 1. The molecule has 1 aromatic carbocycles. The summed E-state index contributed by atoms with van der Waals surface area (Å²) in [5, 5.41) is 2.75. The fourth-order valence-corrected chi connectivity index (χ4v) is 3.97.